The summed E-state index contributed by atoms with van der Waals surface area (Å²) in [7, 11) is 0. The highest BCUT2D eigenvalue weighted by Gasteiger charge is 2.23. The lowest BCUT2D eigenvalue weighted by atomic mass is 10.0. The smallest absolute Gasteiger partial charge is 0.237 e. The van der Waals surface area contributed by atoms with Crippen molar-refractivity contribution in [2.75, 3.05) is 6.54 Å². The zero-order chi connectivity index (χ0) is 13.9. The van der Waals surface area contributed by atoms with E-state index in [9.17, 15) is 4.79 Å². The van der Waals surface area contributed by atoms with Crippen molar-refractivity contribution in [3.63, 3.8) is 0 Å². The minimum Gasteiger partial charge on any atom is -0.459 e. The molecule has 3 rings (SSSR count). The lowest BCUT2D eigenvalue weighted by molar-refractivity contribution is -0.124. The predicted octanol–water partition coefficient (Wildman–Crippen LogP) is 3.17. The lowest BCUT2D eigenvalue weighted by Gasteiger charge is -2.24. The van der Waals surface area contributed by atoms with E-state index >= 15 is 0 Å². The summed E-state index contributed by atoms with van der Waals surface area (Å²) < 4.78 is 5.78. The van der Waals surface area contributed by atoms with Crippen molar-refractivity contribution in [2.24, 2.45) is 0 Å². The number of carbonyl (C=O) groups excluding carboxylic acids is 1. The van der Waals surface area contributed by atoms with Gasteiger partial charge in [0.15, 0.2) is 0 Å². The summed E-state index contributed by atoms with van der Waals surface area (Å²) in [5, 5.41) is 7.36. The molecular formula is C16H21ClN2O2. The third kappa shape index (κ3) is 3.57. The van der Waals surface area contributed by atoms with Crippen LogP contribution in [0.5, 0.6) is 0 Å². The molecule has 1 saturated heterocycles. The summed E-state index contributed by atoms with van der Waals surface area (Å²) in [5.41, 5.74) is 0.861. The largest absolute Gasteiger partial charge is 0.459 e. The Labute approximate surface area is 130 Å². The number of carbonyl (C=O) groups is 1. The van der Waals surface area contributed by atoms with Gasteiger partial charge in [0, 0.05) is 5.39 Å². The van der Waals surface area contributed by atoms with E-state index in [0.29, 0.717) is 0 Å². The summed E-state index contributed by atoms with van der Waals surface area (Å²) in [6.07, 6.45) is 3.19. The van der Waals surface area contributed by atoms with Crippen LogP contribution in [0.2, 0.25) is 0 Å². The van der Waals surface area contributed by atoms with Crippen molar-refractivity contribution in [3.8, 4) is 0 Å². The molecule has 0 radical (unpaired) electrons. The second-order valence-electron chi connectivity index (χ2n) is 5.42. The number of hydrogen-bond donors (Lipinski definition) is 2. The highest BCUT2D eigenvalue weighted by atomic mass is 35.5. The second kappa shape index (κ2) is 6.96. The van der Waals surface area contributed by atoms with E-state index < -0.39 is 0 Å². The Hall–Kier alpha value is -1.52. The Morgan fingerprint density at radius 1 is 1.38 bits per heavy atom. The number of amides is 1. The summed E-state index contributed by atoms with van der Waals surface area (Å²) >= 11 is 0. The molecule has 0 saturated carbocycles. The van der Waals surface area contributed by atoms with Crippen molar-refractivity contribution in [1.29, 1.82) is 0 Å². The van der Waals surface area contributed by atoms with Gasteiger partial charge < -0.3 is 15.1 Å². The van der Waals surface area contributed by atoms with Crippen LogP contribution in [0.15, 0.2) is 34.7 Å². The maximum atomic E-state index is 12.2. The maximum absolute atomic E-state index is 12.2. The first-order valence-corrected chi connectivity index (χ1v) is 7.26. The third-order valence-corrected chi connectivity index (χ3v) is 3.86. The van der Waals surface area contributed by atoms with Crippen molar-refractivity contribution >= 4 is 29.3 Å². The highest BCUT2D eigenvalue weighted by molar-refractivity contribution is 5.85. The number of hydrogen-bond acceptors (Lipinski definition) is 3. The fourth-order valence-electron chi connectivity index (χ4n) is 2.68. The van der Waals surface area contributed by atoms with Crippen molar-refractivity contribution < 1.29 is 9.21 Å². The van der Waals surface area contributed by atoms with E-state index in [0.717, 1.165) is 42.5 Å². The SMILES string of the molecule is CC(NC(=O)C1CCCCN1)c1cc2ccccc2o1.Cl. The number of fused-ring (bicyclic) bond motifs is 1. The number of piperidine rings is 1. The highest BCUT2D eigenvalue weighted by Crippen LogP contribution is 2.23. The number of benzene rings is 1. The van der Waals surface area contributed by atoms with Gasteiger partial charge in [-0.1, -0.05) is 24.6 Å². The van der Waals surface area contributed by atoms with Crippen LogP contribution in [0.3, 0.4) is 0 Å². The molecule has 1 fully saturated rings. The van der Waals surface area contributed by atoms with E-state index in [4.69, 9.17) is 4.42 Å². The molecule has 2 atom stereocenters. The molecule has 1 aliphatic rings. The van der Waals surface area contributed by atoms with E-state index in [2.05, 4.69) is 10.6 Å². The zero-order valence-electron chi connectivity index (χ0n) is 12.1. The number of nitrogens with one attached hydrogen (secondary N) is 2. The quantitative estimate of drug-likeness (QED) is 0.915. The number of halogens is 1. The van der Waals surface area contributed by atoms with Crippen molar-refractivity contribution in [1.82, 2.24) is 10.6 Å². The molecule has 1 aromatic carbocycles. The first-order chi connectivity index (χ1) is 9.74. The van der Waals surface area contributed by atoms with Crippen molar-refractivity contribution in [3.05, 3.63) is 36.1 Å². The van der Waals surface area contributed by atoms with Crippen LogP contribution in [0.25, 0.3) is 11.0 Å². The normalized spacial score (nSPS) is 19.8. The summed E-state index contributed by atoms with van der Waals surface area (Å²) in [5.74, 6) is 0.869. The number of para-hydroxylation sites is 1. The summed E-state index contributed by atoms with van der Waals surface area (Å²) in [6, 6.07) is 9.71. The van der Waals surface area contributed by atoms with Gasteiger partial charge in [0.1, 0.15) is 11.3 Å². The molecule has 2 unspecified atom stereocenters. The lowest BCUT2D eigenvalue weighted by Crippen LogP contribution is -2.47. The van der Waals surface area contributed by atoms with Crippen LogP contribution < -0.4 is 10.6 Å². The zero-order valence-corrected chi connectivity index (χ0v) is 12.9. The summed E-state index contributed by atoms with van der Waals surface area (Å²) in [6.45, 7) is 2.88. The second-order valence-corrected chi connectivity index (χ2v) is 5.42. The van der Waals surface area contributed by atoms with Gasteiger partial charge in [-0.15, -0.1) is 12.4 Å². The molecule has 2 N–H and O–H groups in total. The van der Waals surface area contributed by atoms with Crippen LogP contribution in [0.1, 0.15) is 38.0 Å². The Balaban J connectivity index is 0.00000161. The summed E-state index contributed by atoms with van der Waals surface area (Å²) in [4.78, 5) is 12.2. The van der Waals surface area contributed by atoms with E-state index in [-0.39, 0.29) is 30.4 Å². The van der Waals surface area contributed by atoms with Gasteiger partial charge in [0.05, 0.1) is 12.1 Å². The standard InChI is InChI=1S/C16H20N2O2.ClH/c1-11(18-16(19)13-7-4-5-9-17-13)15-10-12-6-2-3-8-14(12)20-15;/h2-3,6,8,10-11,13,17H,4-5,7,9H2,1H3,(H,18,19);1H. The number of rotatable bonds is 3. The third-order valence-electron chi connectivity index (χ3n) is 3.86. The molecule has 1 amide bonds. The minimum absolute atomic E-state index is 0. The Morgan fingerprint density at radius 3 is 2.90 bits per heavy atom. The predicted molar refractivity (Wildman–Crippen MR) is 85.7 cm³/mol. The average molecular weight is 309 g/mol. The molecule has 114 valence electrons. The fraction of sp³-hybridized carbons (Fsp3) is 0.438. The van der Waals surface area contributed by atoms with E-state index in [1.54, 1.807) is 0 Å². The molecule has 4 nitrogen and oxygen atoms in total. The average Bonchev–Trinajstić information content (AvgIpc) is 2.92. The molecule has 5 heteroatoms. The van der Waals surface area contributed by atoms with Crippen LogP contribution in [-0.4, -0.2) is 18.5 Å². The molecule has 0 spiro atoms. The first-order valence-electron chi connectivity index (χ1n) is 7.26. The Morgan fingerprint density at radius 2 is 2.19 bits per heavy atom. The molecule has 2 heterocycles. The Bertz CT molecular complexity index is 572. The van der Waals surface area contributed by atoms with Gasteiger partial charge in [0.2, 0.25) is 5.91 Å². The molecular weight excluding hydrogens is 288 g/mol. The van der Waals surface area contributed by atoms with Gasteiger partial charge in [0.25, 0.3) is 0 Å². The molecule has 1 aromatic heterocycles. The van der Waals surface area contributed by atoms with Gasteiger partial charge in [-0.2, -0.15) is 0 Å². The molecule has 0 aliphatic carbocycles. The van der Waals surface area contributed by atoms with E-state index in [1.165, 1.54) is 0 Å². The minimum atomic E-state index is -0.112. The van der Waals surface area contributed by atoms with Gasteiger partial charge in [-0.25, -0.2) is 0 Å². The fourth-order valence-corrected chi connectivity index (χ4v) is 2.68. The molecule has 1 aliphatic heterocycles. The molecule has 21 heavy (non-hydrogen) atoms. The number of furan rings is 1. The molecule has 2 aromatic rings. The monoisotopic (exact) mass is 308 g/mol. The van der Waals surface area contributed by atoms with Gasteiger partial charge in [-0.05, 0) is 38.4 Å². The van der Waals surface area contributed by atoms with E-state index in [1.807, 2.05) is 37.3 Å². The van der Waals surface area contributed by atoms with Crippen LogP contribution >= 0.6 is 12.4 Å². The molecule has 0 bridgehead atoms. The Kier molecular flexibility index (Phi) is 5.26. The van der Waals surface area contributed by atoms with Crippen LogP contribution in [-0.2, 0) is 4.79 Å². The van der Waals surface area contributed by atoms with Crippen LogP contribution in [0.4, 0.5) is 0 Å². The van der Waals surface area contributed by atoms with Crippen molar-refractivity contribution in [2.45, 2.75) is 38.3 Å². The maximum Gasteiger partial charge on any atom is 0.237 e. The topological polar surface area (TPSA) is 54.3 Å². The van der Waals surface area contributed by atoms with Gasteiger partial charge in [-0.3, -0.25) is 4.79 Å². The van der Waals surface area contributed by atoms with Crippen LogP contribution in [0, 0.1) is 0 Å². The van der Waals surface area contributed by atoms with Gasteiger partial charge >= 0.3 is 0 Å². The first kappa shape index (κ1) is 15.9.